The summed E-state index contributed by atoms with van der Waals surface area (Å²) in [5, 5.41) is 2.98. The molecule has 0 saturated heterocycles. The second-order valence-corrected chi connectivity index (χ2v) is 7.19. The number of fused-ring (bicyclic) bond motifs is 1. The highest BCUT2D eigenvalue weighted by molar-refractivity contribution is 7.14. The summed E-state index contributed by atoms with van der Waals surface area (Å²) in [4.78, 5) is 28.1. The van der Waals surface area contributed by atoms with E-state index in [9.17, 15) is 9.59 Å². The lowest BCUT2D eigenvalue weighted by atomic mass is 9.87. The van der Waals surface area contributed by atoms with Gasteiger partial charge in [0.2, 0.25) is 5.91 Å². The van der Waals surface area contributed by atoms with Crippen LogP contribution in [0.4, 0.5) is 5.69 Å². The number of aryl methyl sites for hydroxylation is 1. The molecule has 23 heavy (non-hydrogen) atoms. The van der Waals surface area contributed by atoms with Gasteiger partial charge in [-0.2, -0.15) is 0 Å². The van der Waals surface area contributed by atoms with E-state index in [1.807, 2.05) is 36.4 Å². The first-order chi connectivity index (χ1) is 11.0. The van der Waals surface area contributed by atoms with Crippen LogP contribution < -0.4 is 5.32 Å². The van der Waals surface area contributed by atoms with Crippen molar-refractivity contribution < 1.29 is 9.59 Å². The molecule has 0 fully saturated rings. The van der Waals surface area contributed by atoms with Crippen LogP contribution >= 0.6 is 11.3 Å². The molecule has 0 unspecified atom stereocenters. The number of carbonyl (C=O) groups excluding carboxylic acids is 2. The molecule has 1 heterocycles. The van der Waals surface area contributed by atoms with E-state index >= 15 is 0 Å². The Bertz CT molecular complexity index is 722. The molecule has 0 bridgehead atoms. The summed E-state index contributed by atoms with van der Waals surface area (Å²) in [6, 6.07) is 11.5. The van der Waals surface area contributed by atoms with Gasteiger partial charge in [0.25, 0.3) is 5.91 Å². The van der Waals surface area contributed by atoms with Crippen LogP contribution in [0.3, 0.4) is 0 Å². The second-order valence-electron chi connectivity index (χ2n) is 6.05. The molecule has 2 aromatic rings. The maximum absolute atomic E-state index is 12.4. The monoisotopic (exact) mass is 328 g/mol. The van der Waals surface area contributed by atoms with Crippen LogP contribution in [0, 0.1) is 5.92 Å². The molecular formula is C18H20N2O2S. The van der Waals surface area contributed by atoms with Crippen LogP contribution in [-0.2, 0) is 17.6 Å². The summed E-state index contributed by atoms with van der Waals surface area (Å²) in [6.45, 7) is 0. The highest BCUT2D eigenvalue weighted by atomic mass is 32.1. The van der Waals surface area contributed by atoms with Crippen LogP contribution in [0.25, 0.3) is 0 Å². The minimum Gasteiger partial charge on any atom is -0.344 e. The molecule has 1 aromatic heterocycles. The zero-order valence-corrected chi connectivity index (χ0v) is 14.2. The third-order valence-corrected chi connectivity index (χ3v) is 5.34. The molecule has 2 amide bonds. The smallest absolute Gasteiger partial charge is 0.263 e. The molecule has 1 aromatic carbocycles. The van der Waals surface area contributed by atoms with Crippen LogP contribution in [0.2, 0.25) is 0 Å². The minimum absolute atomic E-state index is 0.0281. The normalized spacial score (nSPS) is 16.5. The van der Waals surface area contributed by atoms with Crippen molar-refractivity contribution in [2.24, 2.45) is 5.92 Å². The quantitative estimate of drug-likeness (QED) is 0.941. The van der Waals surface area contributed by atoms with Crippen molar-refractivity contribution >= 4 is 28.8 Å². The van der Waals surface area contributed by atoms with Crippen molar-refractivity contribution in [1.82, 2.24) is 4.90 Å². The van der Waals surface area contributed by atoms with E-state index in [-0.39, 0.29) is 17.7 Å². The van der Waals surface area contributed by atoms with E-state index in [4.69, 9.17) is 0 Å². The van der Waals surface area contributed by atoms with Gasteiger partial charge in [0.15, 0.2) is 0 Å². The lowest BCUT2D eigenvalue weighted by Crippen LogP contribution is -2.27. The van der Waals surface area contributed by atoms with Crippen molar-refractivity contribution in [2.45, 2.75) is 19.3 Å². The van der Waals surface area contributed by atoms with E-state index in [0.29, 0.717) is 6.42 Å². The highest BCUT2D eigenvalue weighted by Crippen LogP contribution is 2.33. The van der Waals surface area contributed by atoms with Crippen molar-refractivity contribution in [3.63, 3.8) is 0 Å². The van der Waals surface area contributed by atoms with Crippen molar-refractivity contribution in [2.75, 3.05) is 19.4 Å². The molecule has 1 aliphatic rings. The van der Waals surface area contributed by atoms with E-state index in [1.165, 1.54) is 4.88 Å². The Morgan fingerprint density at radius 3 is 2.65 bits per heavy atom. The summed E-state index contributed by atoms with van der Waals surface area (Å²) in [5.41, 5.74) is 1.98. The molecule has 1 atom stereocenters. The van der Waals surface area contributed by atoms with Gasteiger partial charge < -0.3 is 10.2 Å². The molecule has 0 aliphatic heterocycles. The molecule has 0 spiro atoms. The zero-order valence-electron chi connectivity index (χ0n) is 13.3. The zero-order chi connectivity index (χ0) is 16.4. The Morgan fingerprint density at radius 2 is 1.96 bits per heavy atom. The van der Waals surface area contributed by atoms with Gasteiger partial charge >= 0.3 is 0 Å². The number of nitrogens with zero attached hydrogens (tertiary/aromatic N) is 1. The Hall–Kier alpha value is -2.14. The maximum atomic E-state index is 12.4. The van der Waals surface area contributed by atoms with E-state index in [1.54, 1.807) is 30.3 Å². The predicted molar refractivity (Wildman–Crippen MR) is 92.9 cm³/mol. The number of thiophene rings is 1. The summed E-state index contributed by atoms with van der Waals surface area (Å²) < 4.78 is 0. The number of hydrogen-bond donors (Lipinski definition) is 1. The van der Waals surface area contributed by atoms with Gasteiger partial charge in [-0.25, -0.2) is 0 Å². The number of carbonyl (C=O) groups is 2. The summed E-state index contributed by atoms with van der Waals surface area (Å²) >= 11 is 1.57. The van der Waals surface area contributed by atoms with Gasteiger partial charge in [-0.05, 0) is 43.0 Å². The molecule has 1 aliphatic carbocycles. The van der Waals surface area contributed by atoms with Crippen LogP contribution in [-0.4, -0.2) is 30.8 Å². The first-order valence-corrected chi connectivity index (χ1v) is 8.55. The van der Waals surface area contributed by atoms with E-state index < -0.39 is 0 Å². The number of amides is 2. The fraction of sp³-hybridized carbons (Fsp3) is 0.333. The number of rotatable bonds is 3. The van der Waals surface area contributed by atoms with Crippen molar-refractivity contribution in [1.29, 1.82) is 0 Å². The molecule has 120 valence electrons. The Balaban J connectivity index is 1.70. The van der Waals surface area contributed by atoms with Crippen LogP contribution in [0.1, 0.15) is 26.5 Å². The lowest BCUT2D eigenvalue weighted by Gasteiger charge is -2.21. The molecular weight excluding hydrogens is 308 g/mol. The Kier molecular flexibility index (Phi) is 4.48. The fourth-order valence-electron chi connectivity index (χ4n) is 2.84. The topological polar surface area (TPSA) is 49.4 Å². The van der Waals surface area contributed by atoms with Crippen LogP contribution in [0.5, 0.6) is 0 Å². The SMILES string of the molecule is CN(C)C(=O)c1cc2c(s1)CC[C@@H](C(=O)Nc1ccccc1)C2. The maximum Gasteiger partial charge on any atom is 0.263 e. The van der Waals surface area contributed by atoms with Gasteiger partial charge in [-0.3, -0.25) is 9.59 Å². The summed E-state index contributed by atoms with van der Waals surface area (Å²) in [6.07, 6.45) is 2.42. The van der Waals surface area contributed by atoms with Gasteiger partial charge in [-0.1, -0.05) is 18.2 Å². The molecule has 0 radical (unpaired) electrons. The largest absolute Gasteiger partial charge is 0.344 e. The second kappa shape index (κ2) is 6.54. The minimum atomic E-state index is -0.0281. The third-order valence-electron chi connectivity index (χ3n) is 4.11. The molecule has 3 rings (SSSR count). The molecule has 1 N–H and O–H groups in total. The number of anilines is 1. The van der Waals surface area contributed by atoms with Crippen LogP contribution in [0.15, 0.2) is 36.4 Å². The average molecular weight is 328 g/mol. The molecule has 4 nitrogen and oxygen atoms in total. The van der Waals surface area contributed by atoms with Crippen molar-refractivity contribution in [3.8, 4) is 0 Å². The average Bonchev–Trinajstić information content (AvgIpc) is 2.97. The first kappa shape index (κ1) is 15.7. The van der Waals surface area contributed by atoms with Gasteiger partial charge in [-0.15, -0.1) is 11.3 Å². The Morgan fingerprint density at radius 1 is 1.22 bits per heavy atom. The predicted octanol–water partition coefficient (Wildman–Crippen LogP) is 3.19. The lowest BCUT2D eigenvalue weighted by molar-refractivity contribution is -0.120. The van der Waals surface area contributed by atoms with Gasteiger partial charge in [0, 0.05) is 30.6 Å². The standard InChI is InChI=1S/C18H20N2O2S/c1-20(2)18(22)16-11-13-10-12(8-9-15(13)23-16)17(21)19-14-6-4-3-5-7-14/h3-7,11-12H,8-10H2,1-2H3,(H,19,21)/t12-/m1/s1. The summed E-state index contributed by atoms with van der Waals surface area (Å²) in [7, 11) is 3.52. The van der Waals surface area contributed by atoms with E-state index in [2.05, 4.69) is 5.32 Å². The number of benzene rings is 1. The van der Waals surface area contributed by atoms with Gasteiger partial charge in [0.05, 0.1) is 4.88 Å². The fourth-order valence-corrected chi connectivity index (χ4v) is 4.07. The number of nitrogens with one attached hydrogen (secondary N) is 1. The summed E-state index contributed by atoms with van der Waals surface area (Å²) in [5.74, 6) is 0.0721. The van der Waals surface area contributed by atoms with Crippen molar-refractivity contribution in [3.05, 3.63) is 51.7 Å². The highest BCUT2D eigenvalue weighted by Gasteiger charge is 2.27. The molecule has 0 saturated carbocycles. The number of hydrogen-bond acceptors (Lipinski definition) is 3. The number of para-hydroxylation sites is 1. The first-order valence-electron chi connectivity index (χ1n) is 7.73. The third kappa shape index (κ3) is 3.45. The van der Waals surface area contributed by atoms with Gasteiger partial charge in [0.1, 0.15) is 0 Å². The van der Waals surface area contributed by atoms with E-state index in [0.717, 1.165) is 29.0 Å². The Labute approximate surface area is 140 Å². The molecule has 5 heteroatoms.